The minimum atomic E-state index is -5.50. The van der Waals surface area contributed by atoms with Gasteiger partial charge in [0.1, 0.15) is 0 Å². The third kappa shape index (κ3) is 3.29. The first-order valence-corrected chi connectivity index (χ1v) is 21.4. The number of allylic oxidation sites excluding steroid dienone is 4. The Morgan fingerprint density at radius 1 is 0.714 bits per heavy atom. The van der Waals surface area contributed by atoms with E-state index < -0.39 is 57.8 Å². The number of halogens is 7. The molecule has 0 amide bonds. The molecular weight excluding hydrogens is 581 g/mol. The summed E-state index contributed by atoms with van der Waals surface area (Å²) in [5.74, 6) is -10.00. The number of hydrogen-bond donors (Lipinski definition) is 0. The molecule has 1 unspecified atom stereocenters. The minimum absolute atomic E-state index is 0.100. The van der Waals surface area contributed by atoms with Gasteiger partial charge >= 0.3 is 208 Å². The van der Waals surface area contributed by atoms with Crippen molar-refractivity contribution in [3.05, 3.63) is 113 Å². The molecule has 0 saturated carbocycles. The van der Waals surface area contributed by atoms with Crippen molar-refractivity contribution in [2.75, 3.05) is 0 Å². The molecule has 35 heavy (non-hydrogen) atoms. The van der Waals surface area contributed by atoms with Crippen molar-refractivity contribution < 1.29 is 37.9 Å². The molecule has 2 aliphatic carbocycles. The van der Waals surface area contributed by atoms with Crippen molar-refractivity contribution in [3.63, 3.8) is 0 Å². The van der Waals surface area contributed by atoms with E-state index in [0.29, 0.717) is 3.21 Å². The summed E-state index contributed by atoms with van der Waals surface area (Å²) in [6, 6.07) is 15.4. The van der Waals surface area contributed by atoms with Crippen LogP contribution >= 0.6 is 17.0 Å². The maximum absolute atomic E-state index is 14.9. The van der Waals surface area contributed by atoms with Crippen LogP contribution in [-0.2, 0) is 15.9 Å². The zero-order valence-electron chi connectivity index (χ0n) is 18.7. The van der Waals surface area contributed by atoms with Gasteiger partial charge in [0.05, 0.1) is 0 Å². The Kier molecular flexibility index (Phi) is 5.90. The monoisotopic (exact) mass is 598 g/mol. The van der Waals surface area contributed by atoms with Gasteiger partial charge in [-0.05, 0) is 0 Å². The van der Waals surface area contributed by atoms with E-state index in [0.717, 1.165) is 22.3 Å². The summed E-state index contributed by atoms with van der Waals surface area (Å²) >= 11 is -5.50. The molecule has 0 radical (unpaired) electrons. The molecule has 2 aliphatic rings. The number of fused-ring (bicyclic) bond motifs is 3. The Bertz CT molecular complexity index is 1470. The molecule has 0 aliphatic heterocycles. The molecule has 8 heteroatoms. The fourth-order valence-electron chi connectivity index (χ4n) is 5.54. The van der Waals surface area contributed by atoms with Gasteiger partial charge in [-0.25, -0.2) is 0 Å². The van der Waals surface area contributed by atoms with Gasteiger partial charge in [-0.3, -0.25) is 0 Å². The number of benzene rings is 3. The van der Waals surface area contributed by atoms with Gasteiger partial charge in [0.25, 0.3) is 0 Å². The van der Waals surface area contributed by atoms with Crippen LogP contribution < -0.4 is 0 Å². The van der Waals surface area contributed by atoms with Crippen molar-refractivity contribution >= 4 is 25.8 Å². The van der Waals surface area contributed by atoms with Gasteiger partial charge < -0.3 is 0 Å². The molecule has 3 aromatic rings. The van der Waals surface area contributed by atoms with E-state index >= 15 is 0 Å². The summed E-state index contributed by atoms with van der Waals surface area (Å²) in [5.41, 5.74) is 2.61. The average molecular weight is 601 g/mol. The van der Waals surface area contributed by atoms with Crippen LogP contribution in [0.4, 0.5) is 22.0 Å². The van der Waals surface area contributed by atoms with Crippen LogP contribution in [0.1, 0.15) is 34.2 Å². The van der Waals surface area contributed by atoms with Gasteiger partial charge in [0.15, 0.2) is 0 Å². The molecule has 0 fully saturated rings. The molecule has 0 nitrogen and oxygen atoms in total. The second-order valence-electron chi connectivity index (χ2n) is 9.19. The molecule has 0 N–H and O–H groups in total. The van der Waals surface area contributed by atoms with Crippen LogP contribution in [-0.4, -0.2) is 3.21 Å². The standard InChI is InChI=1S/C13H9.C11H4F5.C3H6.2ClH.Zr/c1-3-7-12-10(5-1)9-11-6-2-4-8-13(11)12;12-7-6(5-3-1-2-4-5)8(13)10(15)11(16)9(7)14;1-3-2;;;/h1-9H;1-4H;1-2H3;2*1H;/q;;;;;+2/p-2. The first-order chi connectivity index (χ1) is 16.5. The SMILES string of the molecule is C[C](C)=[Zr]([Cl])([Cl])([CH]1C=CC=C1c1c(F)c(F)c(F)c(F)c1F)[CH]1c2ccccc2-c2ccccc21. The van der Waals surface area contributed by atoms with Crippen molar-refractivity contribution in [3.8, 4) is 11.1 Å². The maximum atomic E-state index is 14.9. The second kappa shape index (κ2) is 8.33. The molecule has 0 bridgehead atoms. The normalized spacial score (nSPS) is 17.4. The van der Waals surface area contributed by atoms with Crippen LogP contribution in [0.25, 0.3) is 16.7 Å². The summed E-state index contributed by atoms with van der Waals surface area (Å²) < 4.78 is 71.3. The Balaban J connectivity index is 1.82. The fraction of sp³-hybridized carbons (Fsp3) is 0.148. The van der Waals surface area contributed by atoms with Crippen LogP contribution in [0.3, 0.4) is 0 Å². The van der Waals surface area contributed by atoms with E-state index in [1.807, 2.05) is 48.5 Å². The van der Waals surface area contributed by atoms with Crippen molar-refractivity contribution in [2.24, 2.45) is 0 Å². The molecule has 0 saturated heterocycles. The van der Waals surface area contributed by atoms with Crippen molar-refractivity contribution in [1.29, 1.82) is 0 Å². The first-order valence-electron chi connectivity index (χ1n) is 11.0. The third-order valence-corrected chi connectivity index (χ3v) is 30.0. The molecular formula is C27H19Cl2F5Zr. The van der Waals surface area contributed by atoms with E-state index in [-0.39, 0.29) is 5.57 Å². The number of hydrogen-bond acceptors (Lipinski definition) is 0. The quantitative estimate of drug-likeness (QED) is 0.160. The van der Waals surface area contributed by atoms with Gasteiger partial charge in [-0.2, -0.15) is 0 Å². The predicted octanol–water partition coefficient (Wildman–Crippen LogP) is 9.10. The summed E-state index contributed by atoms with van der Waals surface area (Å²) in [6.07, 6.45) is 4.50. The Morgan fingerprint density at radius 3 is 1.66 bits per heavy atom. The average Bonchev–Trinajstić information content (AvgIpc) is 3.46. The molecule has 180 valence electrons. The van der Waals surface area contributed by atoms with E-state index in [1.54, 1.807) is 19.9 Å². The fourth-order valence-corrected chi connectivity index (χ4v) is 21.6. The van der Waals surface area contributed by atoms with E-state index in [4.69, 9.17) is 17.0 Å². The molecule has 0 spiro atoms. The zero-order chi connectivity index (χ0) is 25.3. The van der Waals surface area contributed by atoms with E-state index in [2.05, 4.69) is 0 Å². The summed E-state index contributed by atoms with van der Waals surface area (Å²) in [4.78, 5) is 0. The molecule has 0 heterocycles. The topological polar surface area (TPSA) is 0 Å². The van der Waals surface area contributed by atoms with Crippen LogP contribution in [0, 0.1) is 29.1 Å². The van der Waals surface area contributed by atoms with Gasteiger partial charge in [-0.1, -0.05) is 0 Å². The van der Waals surface area contributed by atoms with Crippen LogP contribution in [0.5, 0.6) is 0 Å². The Morgan fingerprint density at radius 2 is 1.17 bits per heavy atom. The molecule has 5 rings (SSSR count). The molecule has 3 aromatic carbocycles. The van der Waals surface area contributed by atoms with Gasteiger partial charge in [-0.15, -0.1) is 0 Å². The van der Waals surface area contributed by atoms with E-state index in [9.17, 15) is 22.0 Å². The van der Waals surface area contributed by atoms with Crippen LogP contribution in [0.2, 0.25) is 3.63 Å². The first kappa shape index (κ1) is 24.8. The van der Waals surface area contributed by atoms with Crippen molar-refractivity contribution in [1.82, 2.24) is 0 Å². The van der Waals surface area contributed by atoms with Crippen LogP contribution in [0.15, 0.2) is 66.8 Å². The summed E-state index contributed by atoms with van der Waals surface area (Å²) in [6.45, 7) is 3.58. The summed E-state index contributed by atoms with van der Waals surface area (Å²) in [7, 11) is 15.4. The third-order valence-electron chi connectivity index (χ3n) is 7.30. The second-order valence-corrected chi connectivity index (χ2v) is 31.0. The zero-order valence-corrected chi connectivity index (χ0v) is 22.6. The number of rotatable bonds is 3. The Labute approximate surface area is 207 Å². The predicted molar refractivity (Wildman–Crippen MR) is 129 cm³/mol. The summed E-state index contributed by atoms with van der Waals surface area (Å²) in [5, 5.41) is 0. The molecule has 0 aromatic heterocycles. The van der Waals surface area contributed by atoms with Gasteiger partial charge in [0, 0.05) is 0 Å². The van der Waals surface area contributed by atoms with E-state index in [1.165, 1.54) is 12.2 Å². The molecule has 1 atom stereocenters. The Hall–Kier alpha value is -1.88. The van der Waals surface area contributed by atoms with Crippen molar-refractivity contribution in [2.45, 2.75) is 21.1 Å². The van der Waals surface area contributed by atoms with Gasteiger partial charge in [0.2, 0.25) is 0 Å².